The van der Waals surface area contributed by atoms with Crippen LogP contribution >= 0.6 is 0 Å². The third-order valence-electron chi connectivity index (χ3n) is 3.77. The summed E-state index contributed by atoms with van der Waals surface area (Å²) in [4.78, 5) is 14.5. The highest BCUT2D eigenvalue weighted by Gasteiger charge is 2.33. The number of hydrogen-bond donors (Lipinski definition) is 1. The van der Waals surface area contributed by atoms with Crippen LogP contribution in [0.2, 0.25) is 0 Å². The molecule has 1 aliphatic rings. The fourth-order valence-corrected chi connectivity index (χ4v) is 2.69. The molecule has 1 N–H and O–H groups in total. The molecule has 1 fully saturated rings. The van der Waals surface area contributed by atoms with E-state index in [2.05, 4.69) is 17.1 Å². The average Bonchev–Trinajstić information content (AvgIpc) is 2.39. The molecular weight excluding hydrogens is 256 g/mol. The molecule has 0 aromatic heterocycles. The van der Waals surface area contributed by atoms with Crippen molar-refractivity contribution in [2.45, 2.75) is 52.2 Å². The second kappa shape index (κ2) is 8.60. The van der Waals surface area contributed by atoms with Crippen LogP contribution in [0, 0.1) is 0 Å². The number of carbonyl (C=O) groups is 1. The standard InChI is InChI=1S/C15H30N2O3/c1-5-16-15(4,14(18)19-6-2)8-7-9-17-10-11-20-13(3)12-17/h13,16H,5-12H2,1-4H3. The summed E-state index contributed by atoms with van der Waals surface area (Å²) in [6, 6.07) is 0. The van der Waals surface area contributed by atoms with Gasteiger partial charge in [0, 0.05) is 13.1 Å². The van der Waals surface area contributed by atoms with Crippen molar-refractivity contribution in [2.75, 3.05) is 39.4 Å². The number of nitrogens with one attached hydrogen (secondary N) is 1. The third kappa shape index (κ3) is 5.38. The first-order valence-electron chi connectivity index (χ1n) is 7.78. The maximum Gasteiger partial charge on any atom is 0.326 e. The summed E-state index contributed by atoms with van der Waals surface area (Å²) in [5.41, 5.74) is -0.567. The molecule has 0 aliphatic carbocycles. The highest BCUT2D eigenvalue weighted by molar-refractivity contribution is 5.80. The van der Waals surface area contributed by atoms with E-state index in [1.807, 2.05) is 20.8 Å². The Hall–Kier alpha value is -0.650. The van der Waals surface area contributed by atoms with Gasteiger partial charge in [-0.3, -0.25) is 9.69 Å². The van der Waals surface area contributed by atoms with Crippen LogP contribution in [0.25, 0.3) is 0 Å². The first-order valence-corrected chi connectivity index (χ1v) is 7.78. The lowest BCUT2D eigenvalue weighted by molar-refractivity contribution is -0.150. The van der Waals surface area contributed by atoms with E-state index in [0.29, 0.717) is 12.7 Å². The number of esters is 1. The summed E-state index contributed by atoms with van der Waals surface area (Å²) in [5, 5.41) is 3.27. The summed E-state index contributed by atoms with van der Waals surface area (Å²) in [5.74, 6) is -0.141. The zero-order chi connectivity index (χ0) is 15.0. The molecule has 0 radical (unpaired) electrons. The molecule has 0 aromatic rings. The normalized spacial score (nSPS) is 23.3. The topological polar surface area (TPSA) is 50.8 Å². The molecule has 118 valence electrons. The third-order valence-corrected chi connectivity index (χ3v) is 3.77. The zero-order valence-electron chi connectivity index (χ0n) is 13.4. The quantitative estimate of drug-likeness (QED) is 0.684. The van der Waals surface area contributed by atoms with Crippen molar-refractivity contribution < 1.29 is 14.3 Å². The van der Waals surface area contributed by atoms with Gasteiger partial charge >= 0.3 is 5.97 Å². The second-order valence-corrected chi connectivity index (χ2v) is 5.67. The van der Waals surface area contributed by atoms with Crippen molar-refractivity contribution in [3.05, 3.63) is 0 Å². The van der Waals surface area contributed by atoms with E-state index >= 15 is 0 Å². The number of ether oxygens (including phenoxy) is 2. The Bertz CT molecular complexity index is 299. The summed E-state index contributed by atoms with van der Waals surface area (Å²) >= 11 is 0. The van der Waals surface area contributed by atoms with Crippen LogP contribution in [-0.4, -0.2) is 61.9 Å². The Morgan fingerprint density at radius 2 is 2.25 bits per heavy atom. The molecule has 1 saturated heterocycles. The van der Waals surface area contributed by atoms with Gasteiger partial charge in [-0.1, -0.05) is 6.92 Å². The van der Waals surface area contributed by atoms with Crippen molar-refractivity contribution in [3.8, 4) is 0 Å². The minimum Gasteiger partial charge on any atom is -0.465 e. The number of likely N-dealkylation sites (N-methyl/N-ethyl adjacent to an activating group) is 1. The van der Waals surface area contributed by atoms with Crippen LogP contribution in [0.3, 0.4) is 0 Å². The lowest BCUT2D eigenvalue weighted by Crippen LogP contribution is -2.51. The van der Waals surface area contributed by atoms with Gasteiger partial charge in [0.1, 0.15) is 5.54 Å². The highest BCUT2D eigenvalue weighted by Crippen LogP contribution is 2.16. The largest absolute Gasteiger partial charge is 0.465 e. The molecule has 1 aliphatic heterocycles. The van der Waals surface area contributed by atoms with Crippen LogP contribution < -0.4 is 5.32 Å². The number of nitrogens with zero attached hydrogens (tertiary/aromatic N) is 1. The number of morpholine rings is 1. The lowest BCUT2D eigenvalue weighted by Gasteiger charge is -2.33. The van der Waals surface area contributed by atoms with Gasteiger partial charge in [-0.25, -0.2) is 0 Å². The lowest BCUT2D eigenvalue weighted by atomic mass is 9.95. The van der Waals surface area contributed by atoms with E-state index in [0.717, 1.165) is 45.6 Å². The summed E-state index contributed by atoms with van der Waals surface area (Å²) in [6.07, 6.45) is 2.09. The predicted octanol–water partition coefficient (Wildman–Crippen LogP) is 1.42. The molecule has 0 bridgehead atoms. The zero-order valence-corrected chi connectivity index (χ0v) is 13.4. The van der Waals surface area contributed by atoms with Crippen LogP contribution in [-0.2, 0) is 14.3 Å². The molecule has 0 aromatic carbocycles. The average molecular weight is 286 g/mol. The van der Waals surface area contributed by atoms with E-state index in [1.54, 1.807) is 0 Å². The van der Waals surface area contributed by atoms with Crippen molar-refractivity contribution in [2.24, 2.45) is 0 Å². The minimum absolute atomic E-state index is 0.141. The first-order chi connectivity index (χ1) is 9.51. The molecule has 1 rings (SSSR count). The van der Waals surface area contributed by atoms with Gasteiger partial charge in [0.2, 0.25) is 0 Å². The Morgan fingerprint density at radius 1 is 1.50 bits per heavy atom. The summed E-state index contributed by atoms with van der Waals surface area (Å²) in [7, 11) is 0. The van der Waals surface area contributed by atoms with Gasteiger partial charge in [0.05, 0.1) is 19.3 Å². The molecule has 5 nitrogen and oxygen atoms in total. The van der Waals surface area contributed by atoms with Crippen LogP contribution in [0.15, 0.2) is 0 Å². The molecule has 5 heteroatoms. The van der Waals surface area contributed by atoms with Gasteiger partial charge in [-0.15, -0.1) is 0 Å². The molecule has 0 amide bonds. The maximum atomic E-state index is 12.1. The van der Waals surface area contributed by atoms with E-state index in [1.165, 1.54) is 0 Å². The van der Waals surface area contributed by atoms with Crippen molar-refractivity contribution >= 4 is 5.97 Å². The number of hydrogen-bond acceptors (Lipinski definition) is 5. The molecule has 0 spiro atoms. The van der Waals surface area contributed by atoms with Crippen molar-refractivity contribution in [1.82, 2.24) is 10.2 Å². The Balaban J connectivity index is 2.40. The van der Waals surface area contributed by atoms with E-state index < -0.39 is 5.54 Å². The molecule has 20 heavy (non-hydrogen) atoms. The van der Waals surface area contributed by atoms with E-state index in [4.69, 9.17) is 9.47 Å². The van der Waals surface area contributed by atoms with Crippen LogP contribution in [0.1, 0.15) is 40.5 Å². The smallest absolute Gasteiger partial charge is 0.326 e. The fraction of sp³-hybridized carbons (Fsp3) is 0.933. The van der Waals surface area contributed by atoms with E-state index in [9.17, 15) is 4.79 Å². The van der Waals surface area contributed by atoms with E-state index in [-0.39, 0.29) is 5.97 Å². The number of rotatable bonds is 8. The molecule has 1 heterocycles. The van der Waals surface area contributed by atoms with Crippen LogP contribution in [0.5, 0.6) is 0 Å². The first kappa shape index (κ1) is 17.4. The maximum absolute atomic E-state index is 12.1. The number of carbonyl (C=O) groups excluding carboxylic acids is 1. The van der Waals surface area contributed by atoms with Crippen LogP contribution in [0.4, 0.5) is 0 Å². The molecular formula is C15H30N2O3. The highest BCUT2D eigenvalue weighted by atomic mass is 16.5. The van der Waals surface area contributed by atoms with Crippen molar-refractivity contribution in [3.63, 3.8) is 0 Å². The summed E-state index contributed by atoms with van der Waals surface area (Å²) in [6.45, 7) is 12.9. The van der Waals surface area contributed by atoms with Gasteiger partial charge in [-0.05, 0) is 46.7 Å². The molecule has 2 atom stereocenters. The Morgan fingerprint density at radius 3 is 2.85 bits per heavy atom. The monoisotopic (exact) mass is 286 g/mol. The minimum atomic E-state index is -0.567. The fourth-order valence-electron chi connectivity index (χ4n) is 2.69. The Kier molecular flexibility index (Phi) is 7.48. The van der Waals surface area contributed by atoms with Crippen molar-refractivity contribution in [1.29, 1.82) is 0 Å². The van der Waals surface area contributed by atoms with Gasteiger partial charge in [-0.2, -0.15) is 0 Å². The second-order valence-electron chi connectivity index (χ2n) is 5.67. The summed E-state index contributed by atoms with van der Waals surface area (Å²) < 4.78 is 10.7. The van der Waals surface area contributed by atoms with Gasteiger partial charge < -0.3 is 14.8 Å². The molecule has 0 saturated carbocycles. The molecule has 2 unspecified atom stereocenters. The SMILES string of the molecule is CCNC(C)(CCCN1CCOC(C)C1)C(=O)OCC. The predicted molar refractivity (Wildman–Crippen MR) is 79.8 cm³/mol. The Labute approximate surface area is 123 Å². The van der Waals surface area contributed by atoms with Gasteiger partial charge in [0.15, 0.2) is 0 Å². The van der Waals surface area contributed by atoms with Gasteiger partial charge in [0.25, 0.3) is 0 Å².